The van der Waals surface area contributed by atoms with Crippen LogP contribution in [0, 0.1) is 12.7 Å². The fraction of sp³-hybridized carbons (Fsp3) is 0.222. The Bertz CT molecular complexity index is 1300. The lowest BCUT2D eigenvalue weighted by Gasteiger charge is -2.23. The summed E-state index contributed by atoms with van der Waals surface area (Å²) >= 11 is 0. The van der Waals surface area contributed by atoms with Crippen molar-refractivity contribution in [2.45, 2.75) is 25.7 Å². The molecule has 0 atom stereocenters. The van der Waals surface area contributed by atoms with Gasteiger partial charge in [0, 0.05) is 16.6 Å². The van der Waals surface area contributed by atoms with Gasteiger partial charge in [-0.3, -0.25) is 5.10 Å². The molecule has 0 aliphatic carbocycles. The van der Waals surface area contributed by atoms with E-state index >= 15 is 0 Å². The van der Waals surface area contributed by atoms with E-state index in [2.05, 4.69) is 51.3 Å². The topological polar surface area (TPSA) is 56.5 Å². The van der Waals surface area contributed by atoms with Crippen LogP contribution in [0.4, 0.5) is 4.39 Å². The van der Waals surface area contributed by atoms with Crippen molar-refractivity contribution in [1.29, 1.82) is 0 Å². The molecule has 2 aromatic heterocycles. The highest BCUT2D eigenvalue weighted by Crippen LogP contribution is 2.35. The molecule has 0 bridgehead atoms. The first-order chi connectivity index (χ1) is 15.6. The Morgan fingerprint density at radius 1 is 1.12 bits per heavy atom. The van der Waals surface area contributed by atoms with Crippen LogP contribution in [-0.4, -0.2) is 28.3 Å². The molecule has 0 unspecified atom stereocenters. The van der Waals surface area contributed by atoms with Gasteiger partial charge in [0.1, 0.15) is 11.5 Å². The van der Waals surface area contributed by atoms with E-state index in [0.717, 1.165) is 70.6 Å². The average molecular weight is 427 g/mol. The normalized spacial score (nSPS) is 15.4. The van der Waals surface area contributed by atoms with E-state index in [1.807, 2.05) is 19.1 Å². The molecule has 5 rings (SSSR count). The first kappa shape index (κ1) is 20.5. The maximum absolute atomic E-state index is 13.9. The monoisotopic (exact) mass is 426 g/mol. The minimum atomic E-state index is -0.255. The van der Waals surface area contributed by atoms with Gasteiger partial charge in [0.2, 0.25) is 0 Å². The smallest absolute Gasteiger partial charge is 0.123 e. The number of aryl methyl sites for hydroxylation is 1. The Kier molecular flexibility index (Phi) is 5.50. The fourth-order valence-electron chi connectivity index (χ4n) is 4.73. The number of halogens is 1. The lowest BCUT2D eigenvalue weighted by atomic mass is 9.89. The third kappa shape index (κ3) is 3.80. The summed E-state index contributed by atoms with van der Waals surface area (Å²) < 4.78 is 13.9. The minimum absolute atomic E-state index is 0.255. The third-order valence-electron chi connectivity index (χ3n) is 6.38. The quantitative estimate of drug-likeness (QED) is 0.338. The molecule has 1 aliphatic rings. The maximum Gasteiger partial charge on any atom is 0.123 e. The SMILES string of the molecule is C=C/C=C(/c1cccc(F)c1)c1cc(-c2n[nH]c3ccc(C4CCNCC4)cc23)[nH]c1C. The molecule has 162 valence electrons. The third-order valence-corrected chi connectivity index (χ3v) is 6.38. The van der Waals surface area contributed by atoms with Crippen molar-refractivity contribution in [2.75, 3.05) is 13.1 Å². The van der Waals surface area contributed by atoms with Gasteiger partial charge in [-0.15, -0.1) is 0 Å². The van der Waals surface area contributed by atoms with Crippen molar-refractivity contribution in [2.24, 2.45) is 0 Å². The summed E-state index contributed by atoms with van der Waals surface area (Å²) in [5, 5.41) is 12.4. The van der Waals surface area contributed by atoms with Crippen LogP contribution in [0.25, 0.3) is 27.9 Å². The number of benzene rings is 2. The second-order valence-electron chi connectivity index (χ2n) is 8.45. The number of allylic oxidation sites excluding steroid dienone is 2. The largest absolute Gasteiger partial charge is 0.357 e. The molecule has 4 nitrogen and oxygen atoms in total. The number of piperidine rings is 1. The molecule has 1 fully saturated rings. The van der Waals surface area contributed by atoms with E-state index in [1.54, 1.807) is 18.2 Å². The van der Waals surface area contributed by atoms with Crippen molar-refractivity contribution >= 4 is 16.5 Å². The van der Waals surface area contributed by atoms with Crippen LogP contribution in [0.2, 0.25) is 0 Å². The van der Waals surface area contributed by atoms with E-state index in [1.165, 1.54) is 11.6 Å². The summed E-state index contributed by atoms with van der Waals surface area (Å²) in [7, 11) is 0. The molecule has 3 N–H and O–H groups in total. The lowest BCUT2D eigenvalue weighted by molar-refractivity contribution is 0.460. The molecule has 1 aliphatic heterocycles. The van der Waals surface area contributed by atoms with E-state index in [9.17, 15) is 4.39 Å². The number of rotatable bonds is 5. The summed E-state index contributed by atoms with van der Waals surface area (Å²) in [4.78, 5) is 3.50. The summed E-state index contributed by atoms with van der Waals surface area (Å²) in [6.45, 7) is 8.02. The van der Waals surface area contributed by atoms with Gasteiger partial charge in [-0.1, -0.05) is 36.9 Å². The maximum atomic E-state index is 13.9. The number of nitrogens with zero attached hydrogens (tertiary/aromatic N) is 1. The van der Waals surface area contributed by atoms with E-state index in [0.29, 0.717) is 5.92 Å². The van der Waals surface area contributed by atoms with Crippen LogP contribution in [0.1, 0.15) is 41.1 Å². The minimum Gasteiger partial charge on any atom is -0.357 e. The Balaban J connectivity index is 1.57. The molecule has 0 amide bonds. The van der Waals surface area contributed by atoms with Crippen molar-refractivity contribution < 1.29 is 4.39 Å². The van der Waals surface area contributed by atoms with Crippen LogP contribution in [0.3, 0.4) is 0 Å². The van der Waals surface area contributed by atoms with Crippen LogP contribution >= 0.6 is 0 Å². The zero-order valence-electron chi connectivity index (χ0n) is 18.2. The number of aromatic amines is 2. The number of nitrogens with one attached hydrogen (secondary N) is 3. The highest BCUT2D eigenvalue weighted by molar-refractivity contribution is 5.94. The summed E-state index contributed by atoms with van der Waals surface area (Å²) in [5.74, 6) is 0.328. The van der Waals surface area contributed by atoms with Gasteiger partial charge in [0.25, 0.3) is 0 Å². The molecular formula is C27H27FN4. The predicted octanol–water partition coefficient (Wildman–Crippen LogP) is 6.09. The van der Waals surface area contributed by atoms with Crippen molar-refractivity contribution in [3.05, 3.63) is 95.5 Å². The van der Waals surface area contributed by atoms with Crippen LogP contribution in [-0.2, 0) is 0 Å². The standard InChI is InChI=1S/C27H27FN4/c1-3-5-22(20-6-4-7-21(28)14-20)23-16-26(30-17(23)2)27-24-15-19(8-9-25(24)31-32-27)18-10-12-29-13-11-18/h3-9,14-16,18,29-30H,1,10-13H2,2H3,(H,31,32)/b22-5-. The number of H-pyrrole nitrogens is 2. The van der Waals surface area contributed by atoms with Crippen molar-refractivity contribution in [1.82, 2.24) is 20.5 Å². The molecule has 5 heteroatoms. The Hall–Kier alpha value is -3.44. The number of hydrogen-bond acceptors (Lipinski definition) is 2. The van der Waals surface area contributed by atoms with Crippen molar-refractivity contribution in [3.8, 4) is 11.4 Å². The van der Waals surface area contributed by atoms with E-state index in [-0.39, 0.29) is 5.82 Å². The fourth-order valence-corrected chi connectivity index (χ4v) is 4.73. The lowest BCUT2D eigenvalue weighted by Crippen LogP contribution is -2.26. The van der Waals surface area contributed by atoms with Gasteiger partial charge in [-0.05, 0) is 85.8 Å². The number of aromatic nitrogens is 3. The van der Waals surface area contributed by atoms with Gasteiger partial charge in [0.05, 0.1) is 11.2 Å². The summed E-state index contributed by atoms with van der Waals surface area (Å²) in [6.07, 6.45) is 5.98. The zero-order chi connectivity index (χ0) is 22.1. The molecule has 0 spiro atoms. The van der Waals surface area contributed by atoms with Crippen LogP contribution in [0.5, 0.6) is 0 Å². The van der Waals surface area contributed by atoms with Gasteiger partial charge in [-0.25, -0.2) is 4.39 Å². The molecule has 0 radical (unpaired) electrons. The average Bonchev–Trinajstić information content (AvgIpc) is 3.41. The van der Waals surface area contributed by atoms with Crippen LogP contribution < -0.4 is 5.32 Å². The molecule has 2 aromatic carbocycles. The molecule has 1 saturated heterocycles. The Morgan fingerprint density at radius 2 is 1.97 bits per heavy atom. The Labute approximate surface area is 187 Å². The highest BCUT2D eigenvalue weighted by Gasteiger charge is 2.19. The van der Waals surface area contributed by atoms with Gasteiger partial charge >= 0.3 is 0 Å². The molecule has 3 heterocycles. The highest BCUT2D eigenvalue weighted by atomic mass is 19.1. The first-order valence-electron chi connectivity index (χ1n) is 11.1. The summed E-state index contributed by atoms with van der Waals surface area (Å²) in [6, 6.07) is 15.4. The van der Waals surface area contributed by atoms with Gasteiger partial charge < -0.3 is 10.3 Å². The van der Waals surface area contributed by atoms with Crippen molar-refractivity contribution in [3.63, 3.8) is 0 Å². The predicted molar refractivity (Wildman–Crippen MR) is 129 cm³/mol. The zero-order valence-corrected chi connectivity index (χ0v) is 18.2. The molecular weight excluding hydrogens is 399 g/mol. The van der Waals surface area contributed by atoms with Crippen LogP contribution in [0.15, 0.2) is 67.3 Å². The second kappa shape index (κ2) is 8.60. The number of fused-ring (bicyclic) bond motifs is 1. The van der Waals surface area contributed by atoms with E-state index in [4.69, 9.17) is 0 Å². The van der Waals surface area contributed by atoms with Gasteiger partial charge in [-0.2, -0.15) is 5.10 Å². The second-order valence-corrected chi connectivity index (χ2v) is 8.45. The molecule has 0 saturated carbocycles. The van der Waals surface area contributed by atoms with E-state index < -0.39 is 0 Å². The number of hydrogen-bond donors (Lipinski definition) is 3. The molecule has 32 heavy (non-hydrogen) atoms. The first-order valence-corrected chi connectivity index (χ1v) is 11.1. The molecule has 4 aromatic rings. The summed E-state index contributed by atoms with van der Waals surface area (Å²) in [5.41, 5.74) is 8.00. The Morgan fingerprint density at radius 3 is 2.75 bits per heavy atom. The van der Waals surface area contributed by atoms with Gasteiger partial charge in [0.15, 0.2) is 0 Å².